The van der Waals surface area contributed by atoms with Gasteiger partial charge in [-0.2, -0.15) is 10.4 Å². The van der Waals surface area contributed by atoms with Crippen molar-refractivity contribution in [3.63, 3.8) is 0 Å². The van der Waals surface area contributed by atoms with E-state index in [0.29, 0.717) is 12.2 Å². The quantitative estimate of drug-likeness (QED) is 0.508. The molecule has 0 aliphatic heterocycles. The maximum atomic E-state index is 10.9. The van der Waals surface area contributed by atoms with Gasteiger partial charge in [0.05, 0.1) is 27.6 Å². The molecule has 0 amide bonds. The van der Waals surface area contributed by atoms with E-state index in [1.54, 1.807) is 6.07 Å². The first-order valence-corrected chi connectivity index (χ1v) is 8.42. The number of hydrogen-bond donors (Lipinski definition) is 0. The summed E-state index contributed by atoms with van der Waals surface area (Å²) in [5.74, 6) is 0. The second-order valence-corrected chi connectivity index (χ2v) is 6.32. The number of nitriles is 1. The summed E-state index contributed by atoms with van der Waals surface area (Å²) >= 11 is 0. The van der Waals surface area contributed by atoms with E-state index in [1.807, 2.05) is 60.8 Å². The van der Waals surface area contributed by atoms with Crippen molar-refractivity contribution in [2.45, 2.75) is 20.4 Å². The summed E-state index contributed by atoms with van der Waals surface area (Å²) in [5, 5.41) is 25.0. The van der Waals surface area contributed by atoms with Crippen LogP contribution in [0.2, 0.25) is 0 Å². The molecule has 3 aromatic rings. The average molecular weight is 361 g/mol. The van der Waals surface area contributed by atoms with Crippen molar-refractivity contribution in [3.8, 4) is 11.8 Å². The van der Waals surface area contributed by atoms with Crippen LogP contribution in [-0.4, -0.2) is 21.8 Å². The van der Waals surface area contributed by atoms with E-state index in [1.165, 1.54) is 12.1 Å². The van der Waals surface area contributed by atoms with Crippen LogP contribution in [0.1, 0.15) is 22.5 Å². The van der Waals surface area contributed by atoms with Gasteiger partial charge in [0.15, 0.2) is 0 Å². The van der Waals surface area contributed by atoms with Crippen LogP contribution in [-0.2, 0) is 6.54 Å². The first-order chi connectivity index (χ1) is 12.9. The van der Waals surface area contributed by atoms with Crippen LogP contribution in [0.3, 0.4) is 0 Å². The van der Waals surface area contributed by atoms with Crippen molar-refractivity contribution < 1.29 is 4.92 Å². The predicted molar refractivity (Wildman–Crippen MR) is 103 cm³/mol. The van der Waals surface area contributed by atoms with Gasteiger partial charge in [0.2, 0.25) is 0 Å². The first kappa shape index (κ1) is 18.1. The Morgan fingerprint density at radius 1 is 1.22 bits per heavy atom. The Labute approximate surface area is 157 Å². The lowest BCUT2D eigenvalue weighted by molar-refractivity contribution is -0.384. The Balaban J connectivity index is 1.94. The summed E-state index contributed by atoms with van der Waals surface area (Å²) in [6, 6.07) is 16.3. The topological polar surface area (TPSA) is 88.0 Å². The summed E-state index contributed by atoms with van der Waals surface area (Å²) in [4.78, 5) is 12.4. The molecule has 2 aromatic carbocycles. The Morgan fingerprint density at radius 3 is 2.56 bits per heavy atom. The first-order valence-electron chi connectivity index (χ1n) is 8.42. The van der Waals surface area contributed by atoms with E-state index >= 15 is 0 Å². The molecular weight excluding hydrogens is 342 g/mol. The molecule has 0 saturated heterocycles. The summed E-state index contributed by atoms with van der Waals surface area (Å²) in [7, 11) is 1.86. The average Bonchev–Trinajstić information content (AvgIpc) is 2.96. The number of nitro benzene ring substituents is 1. The van der Waals surface area contributed by atoms with Gasteiger partial charge in [-0.05, 0) is 32.0 Å². The third-order valence-corrected chi connectivity index (χ3v) is 4.56. The van der Waals surface area contributed by atoms with Gasteiger partial charge >= 0.3 is 0 Å². The lowest BCUT2D eigenvalue weighted by atomic mass is 10.1. The zero-order chi connectivity index (χ0) is 19.6. The molecule has 1 heterocycles. The number of benzene rings is 2. The molecule has 3 rings (SSSR count). The Morgan fingerprint density at radius 2 is 1.93 bits per heavy atom. The molecule has 0 fully saturated rings. The molecule has 0 bridgehead atoms. The summed E-state index contributed by atoms with van der Waals surface area (Å²) in [5.41, 5.74) is 4.80. The molecular formula is C20H19N5O2. The van der Waals surface area contributed by atoms with E-state index in [4.69, 9.17) is 0 Å². The highest BCUT2D eigenvalue weighted by Gasteiger charge is 2.18. The minimum Gasteiger partial charge on any atom is -0.369 e. The van der Waals surface area contributed by atoms with Crippen LogP contribution in [0, 0.1) is 35.3 Å². The highest BCUT2D eigenvalue weighted by Crippen LogP contribution is 2.27. The monoisotopic (exact) mass is 361 g/mol. The lowest BCUT2D eigenvalue weighted by Gasteiger charge is -2.20. The van der Waals surface area contributed by atoms with E-state index in [9.17, 15) is 15.4 Å². The fourth-order valence-corrected chi connectivity index (χ4v) is 3.11. The molecule has 0 unspecified atom stereocenters. The second-order valence-electron chi connectivity index (χ2n) is 6.32. The summed E-state index contributed by atoms with van der Waals surface area (Å²) in [6.45, 7) is 4.50. The number of aryl methyl sites for hydroxylation is 1. The number of anilines is 1. The number of aromatic nitrogens is 2. The molecule has 7 nitrogen and oxygen atoms in total. The van der Waals surface area contributed by atoms with E-state index in [0.717, 1.165) is 22.6 Å². The van der Waals surface area contributed by atoms with Crippen LogP contribution in [0.4, 0.5) is 11.4 Å². The number of non-ortho nitro benzene ring substituents is 1. The van der Waals surface area contributed by atoms with Gasteiger partial charge in [0.25, 0.3) is 5.69 Å². The maximum Gasteiger partial charge on any atom is 0.270 e. The minimum atomic E-state index is -0.497. The van der Waals surface area contributed by atoms with Gasteiger partial charge < -0.3 is 4.90 Å². The minimum absolute atomic E-state index is 0.0899. The van der Waals surface area contributed by atoms with E-state index in [2.05, 4.69) is 11.2 Å². The van der Waals surface area contributed by atoms with Crippen LogP contribution >= 0.6 is 0 Å². The molecule has 0 saturated carbocycles. The highest BCUT2D eigenvalue weighted by atomic mass is 16.6. The third-order valence-electron chi connectivity index (χ3n) is 4.56. The number of nitrogens with zero attached hydrogens (tertiary/aromatic N) is 5. The maximum absolute atomic E-state index is 10.9. The van der Waals surface area contributed by atoms with Crippen LogP contribution in [0.15, 0.2) is 48.5 Å². The van der Waals surface area contributed by atoms with Crippen molar-refractivity contribution in [3.05, 3.63) is 81.2 Å². The number of rotatable bonds is 5. The second kappa shape index (κ2) is 7.30. The summed E-state index contributed by atoms with van der Waals surface area (Å²) in [6.07, 6.45) is 0. The zero-order valence-electron chi connectivity index (χ0n) is 15.4. The fraction of sp³-hybridized carbons (Fsp3) is 0.200. The van der Waals surface area contributed by atoms with Crippen molar-refractivity contribution in [1.29, 1.82) is 5.26 Å². The van der Waals surface area contributed by atoms with E-state index in [-0.39, 0.29) is 11.3 Å². The third kappa shape index (κ3) is 3.51. The van der Waals surface area contributed by atoms with Crippen molar-refractivity contribution in [2.75, 3.05) is 11.9 Å². The largest absolute Gasteiger partial charge is 0.369 e. The SMILES string of the molecule is Cc1nn(-c2ccccc2)c(C)c1CN(C)c1ccc([N+](=O)[O-])cc1C#N. The molecule has 136 valence electrons. The molecule has 0 aliphatic rings. The molecule has 0 radical (unpaired) electrons. The predicted octanol–water partition coefficient (Wildman–Crippen LogP) is 3.91. The summed E-state index contributed by atoms with van der Waals surface area (Å²) < 4.78 is 1.90. The van der Waals surface area contributed by atoms with Crippen LogP contribution in [0.25, 0.3) is 5.69 Å². The lowest BCUT2D eigenvalue weighted by Crippen LogP contribution is -2.18. The molecule has 0 aliphatic carbocycles. The molecule has 0 spiro atoms. The van der Waals surface area contributed by atoms with Crippen molar-refractivity contribution >= 4 is 11.4 Å². The zero-order valence-corrected chi connectivity index (χ0v) is 15.4. The van der Waals surface area contributed by atoms with Gasteiger partial charge in [0, 0.05) is 37.0 Å². The molecule has 27 heavy (non-hydrogen) atoms. The highest BCUT2D eigenvalue weighted by molar-refractivity contribution is 5.63. The van der Waals surface area contributed by atoms with Gasteiger partial charge in [0.1, 0.15) is 6.07 Å². The van der Waals surface area contributed by atoms with Gasteiger partial charge in [-0.15, -0.1) is 0 Å². The molecule has 7 heteroatoms. The van der Waals surface area contributed by atoms with Gasteiger partial charge in [-0.25, -0.2) is 4.68 Å². The Hall–Kier alpha value is -3.66. The Kier molecular flexibility index (Phi) is 4.90. The van der Waals surface area contributed by atoms with Gasteiger partial charge in [-0.3, -0.25) is 10.1 Å². The fourth-order valence-electron chi connectivity index (χ4n) is 3.11. The standard InChI is InChI=1S/C20H19N5O2/c1-14-19(15(2)24(22-14)17-7-5-4-6-8-17)13-23(3)20-10-9-18(25(26)27)11-16(20)12-21/h4-11H,13H2,1-3H3. The number of para-hydroxylation sites is 1. The van der Waals surface area contributed by atoms with Crippen LogP contribution in [0.5, 0.6) is 0 Å². The molecule has 1 aromatic heterocycles. The van der Waals surface area contributed by atoms with E-state index < -0.39 is 4.92 Å². The Bertz CT molecular complexity index is 1030. The smallest absolute Gasteiger partial charge is 0.270 e. The number of nitro groups is 1. The van der Waals surface area contributed by atoms with Crippen molar-refractivity contribution in [1.82, 2.24) is 9.78 Å². The number of hydrogen-bond acceptors (Lipinski definition) is 5. The van der Waals surface area contributed by atoms with Gasteiger partial charge in [-0.1, -0.05) is 18.2 Å². The normalized spacial score (nSPS) is 10.4. The van der Waals surface area contributed by atoms with Crippen LogP contribution < -0.4 is 4.90 Å². The van der Waals surface area contributed by atoms with Crippen molar-refractivity contribution in [2.24, 2.45) is 0 Å². The molecule has 0 atom stereocenters. The molecule has 0 N–H and O–H groups in total.